The van der Waals surface area contributed by atoms with Crippen LogP contribution in [0.5, 0.6) is 0 Å². The standard InChI is InChI=1S/C20H14F2N4OS/c1-11-10-24-20(28-11)26-19(27)14-4-2-3-12-5-6-15(25-17(12)14)13-7-8-23-16(9-13)18(21)22/h2-10,18H,1H3,(H,24,26,27). The molecule has 4 aromatic rings. The molecular weight excluding hydrogens is 382 g/mol. The highest BCUT2D eigenvalue weighted by atomic mass is 32.1. The number of halogens is 2. The minimum atomic E-state index is -2.66. The van der Waals surface area contributed by atoms with Crippen LogP contribution in [0.2, 0.25) is 0 Å². The molecule has 0 saturated heterocycles. The number of rotatable bonds is 4. The SMILES string of the molecule is Cc1cnc(NC(=O)c2cccc3ccc(-c4ccnc(C(F)F)c4)nc23)s1. The number of fused-ring (bicyclic) bond motifs is 1. The highest BCUT2D eigenvalue weighted by Gasteiger charge is 2.15. The zero-order valence-electron chi connectivity index (χ0n) is 14.7. The number of anilines is 1. The van der Waals surface area contributed by atoms with Gasteiger partial charge in [0.2, 0.25) is 0 Å². The molecule has 0 aliphatic heterocycles. The zero-order valence-corrected chi connectivity index (χ0v) is 15.5. The first-order chi connectivity index (χ1) is 13.5. The quantitative estimate of drug-likeness (QED) is 0.511. The van der Waals surface area contributed by atoms with Crippen LogP contribution in [0.4, 0.5) is 13.9 Å². The number of carbonyl (C=O) groups is 1. The molecule has 0 radical (unpaired) electrons. The van der Waals surface area contributed by atoms with Crippen molar-refractivity contribution in [3.05, 3.63) is 71.0 Å². The van der Waals surface area contributed by atoms with E-state index in [2.05, 4.69) is 20.3 Å². The lowest BCUT2D eigenvalue weighted by Crippen LogP contribution is -2.12. The summed E-state index contributed by atoms with van der Waals surface area (Å²) in [6, 6.07) is 11.7. The van der Waals surface area contributed by atoms with Crippen LogP contribution in [0.1, 0.15) is 27.4 Å². The van der Waals surface area contributed by atoms with Gasteiger partial charge in [0.15, 0.2) is 5.13 Å². The van der Waals surface area contributed by atoms with Crippen molar-refractivity contribution in [2.75, 3.05) is 5.32 Å². The van der Waals surface area contributed by atoms with E-state index < -0.39 is 6.43 Å². The Morgan fingerprint density at radius 3 is 2.75 bits per heavy atom. The molecule has 0 fully saturated rings. The van der Waals surface area contributed by atoms with Gasteiger partial charge in [-0.05, 0) is 31.2 Å². The Labute approximate surface area is 163 Å². The van der Waals surface area contributed by atoms with E-state index in [0.29, 0.717) is 27.5 Å². The number of hydrogen-bond donors (Lipinski definition) is 1. The number of hydrogen-bond acceptors (Lipinski definition) is 5. The lowest BCUT2D eigenvalue weighted by atomic mass is 10.1. The predicted octanol–water partition coefficient (Wildman–Crippen LogP) is 5.25. The van der Waals surface area contributed by atoms with Crippen LogP contribution in [0.25, 0.3) is 22.2 Å². The Morgan fingerprint density at radius 1 is 1.14 bits per heavy atom. The van der Waals surface area contributed by atoms with Crippen molar-refractivity contribution in [2.24, 2.45) is 0 Å². The normalized spacial score (nSPS) is 11.1. The van der Waals surface area contributed by atoms with Gasteiger partial charge in [0.25, 0.3) is 12.3 Å². The fraction of sp³-hybridized carbons (Fsp3) is 0.100. The molecule has 3 heterocycles. The van der Waals surface area contributed by atoms with Gasteiger partial charge in [-0.3, -0.25) is 15.1 Å². The van der Waals surface area contributed by atoms with Gasteiger partial charge in [-0.2, -0.15) is 0 Å². The number of nitrogens with one attached hydrogen (secondary N) is 1. The number of alkyl halides is 2. The summed E-state index contributed by atoms with van der Waals surface area (Å²) < 4.78 is 25.9. The van der Waals surface area contributed by atoms with Gasteiger partial charge < -0.3 is 0 Å². The van der Waals surface area contributed by atoms with Gasteiger partial charge in [0.1, 0.15) is 5.69 Å². The minimum absolute atomic E-state index is 0.315. The number of carbonyl (C=O) groups excluding carboxylic acids is 1. The largest absolute Gasteiger partial charge is 0.298 e. The highest BCUT2D eigenvalue weighted by molar-refractivity contribution is 7.15. The average molecular weight is 396 g/mol. The lowest BCUT2D eigenvalue weighted by molar-refractivity contribution is 0.102. The molecular formula is C20H14F2N4OS. The van der Waals surface area contributed by atoms with Crippen LogP contribution in [-0.2, 0) is 0 Å². The van der Waals surface area contributed by atoms with Crippen LogP contribution in [0.15, 0.2) is 54.9 Å². The predicted molar refractivity (Wildman–Crippen MR) is 105 cm³/mol. The topological polar surface area (TPSA) is 67.8 Å². The summed E-state index contributed by atoms with van der Waals surface area (Å²) in [5, 5.41) is 4.05. The summed E-state index contributed by atoms with van der Waals surface area (Å²) in [5.74, 6) is -0.326. The summed E-state index contributed by atoms with van der Waals surface area (Å²) in [6.07, 6.45) is 0.346. The van der Waals surface area contributed by atoms with Crippen LogP contribution in [0, 0.1) is 6.92 Å². The molecule has 0 atom stereocenters. The number of amides is 1. The van der Waals surface area contributed by atoms with Gasteiger partial charge in [-0.25, -0.2) is 18.7 Å². The second kappa shape index (κ2) is 7.40. The average Bonchev–Trinajstić information content (AvgIpc) is 3.11. The third-order valence-electron chi connectivity index (χ3n) is 4.11. The molecule has 5 nitrogen and oxygen atoms in total. The maximum Gasteiger partial charge on any atom is 0.280 e. The second-order valence-corrected chi connectivity index (χ2v) is 7.31. The summed E-state index contributed by atoms with van der Waals surface area (Å²) in [5.41, 5.74) is 1.56. The molecule has 1 aromatic carbocycles. The molecule has 3 aromatic heterocycles. The molecule has 0 saturated carbocycles. The molecule has 140 valence electrons. The van der Waals surface area contributed by atoms with E-state index in [4.69, 9.17) is 0 Å². The molecule has 0 aliphatic rings. The number of pyridine rings is 2. The van der Waals surface area contributed by atoms with E-state index in [9.17, 15) is 13.6 Å². The van der Waals surface area contributed by atoms with E-state index in [1.807, 2.05) is 19.1 Å². The van der Waals surface area contributed by atoms with Gasteiger partial charge in [0, 0.05) is 28.2 Å². The Balaban J connectivity index is 1.75. The van der Waals surface area contributed by atoms with Gasteiger partial charge >= 0.3 is 0 Å². The van der Waals surface area contributed by atoms with Crippen molar-refractivity contribution in [1.29, 1.82) is 0 Å². The second-order valence-electron chi connectivity index (χ2n) is 6.07. The molecule has 4 rings (SSSR count). The number of aromatic nitrogens is 3. The molecule has 0 unspecified atom stereocenters. The number of benzene rings is 1. The number of para-hydroxylation sites is 1. The van der Waals surface area contributed by atoms with E-state index >= 15 is 0 Å². The van der Waals surface area contributed by atoms with E-state index in [-0.39, 0.29) is 11.6 Å². The van der Waals surface area contributed by atoms with Crippen LogP contribution < -0.4 is 5.32 Å². The van der Waals surface area contributed by atoms with Crippen LogP contribution in [-0.4, -0.2) is 20.9 Å². The minimum Gasteiger partial charge on any atom is -0.298 e. The van der Waals surface area contributed by atoms with Crippen molar-refractivity contribution >= 4 is 33.3 Å². The van der Waals surface area contributed by atoms with E-state index in [0.717, 1.165) is 10.3 Å². The molecule has 28 heavy (non-hydrogen) atoms. The molecule has 1 N–H and O–H groups in total. The fourth-order valence-corrected chi connectivity index (χ4v) is 3.45. The van der Waals surface area contributed by atoms with Crippen molar-refractivity contribution < 1.29 is 13.6 Å². The van der Waals surface area contributed by atoms with Crippen molar-refractivity contribution in [3.63, 3.8) is 0 Å². The highest BCUT2D eigenvalue weighted by Crippen LogP contribution is 2.26. The Morgan fingerprint density at radius 2 is 2.00 bits per heavy atom. The maximum atomic E-state index is 13.0. The number of aryl methyl sites for hydroxylation is 1. The summed E-state index contributed by atoms with van der Waals surface area (Å²) in [6.45, 7) is 1.90. The van der Waals surface area contributed by atoms with Crippen molar-refractivity contribution in [1.82, 2.24) is 15.0 Å². The van der Waals surface area contributed by atoms with Crippen molar-refractivity contribution in [2.45, 2.75) is 13.3 Å². The first kappa shape index (κ1) is 18.1. The lowest BCUT2D eigenvalue weighted by Gasteiger charge is -2.09. The Hall–Kier alpha value is -3.26. The monoisotopic (exact) mass is 396 g/mol. The first-order valence-electron chi connectivity index (χ1n) is 8.39. The number of nitrogens with zero attached hydrogens (tertiary/aromatic N) is 3. The third kappa shape index (κ3) is 3.59. The zero-order chi connectivity index (χ0) is 19.7. The van der Waals surface area contributed by atoms with Crippen LogP contribution >= 0.6 is 11.3 Å². The Kier molecular flexibility index (Phi) is 4.79. The van der Waals surface area contributed by atoms with Crippen LogP contribution in [0.3, 0.4) is 0 Å². The van der Waals surface area contributed by atoms with E-state index in [1.54, 1.807) is 30.5 Å². The van der Waals surface area contributed by atoms with Crippen molar-refractivity contribution in [3.8, 4) is 11.3 Å². The van der Waals surface area contributed by atoms with Gasteiger partial charge in [-0.15, -0.1) is 11.3 Å². The summed E-state index contributed by atoms with van der Waals surface area (Å²) in [4.78, 5) is 26.1. The summed E-state index contributed by atoms with van der Waals surface area (Å²) >= 11 is 1.38. The van der Waals surface area contributed by atoms with Gasteiger partial charge in [0.05, 0.1) is 16.8 Å². The molecule has 0 bridgehead atoms. The molecule has 0 aliphatic carbocycles. The van der Waals surface area contributed by atoms with Gasteiger partial charge in [-0.1, -0.05) is 18.2 Å². The Bertz CT molecular complexity index is 1180. The maximum absolute atomic E-state index is 13.0. The third-order valence-corrected chi connectivity index (χ3v) is 4.94. The number of thiazole rings is 1. The fourth-order valence-electron chi connectivity index (χ4n) is 2.80. The smallest absolute Gasteiger partial charge is 0.280 e. The first-order valence-corrected chi connectivity index (χ1v) is 9.21. The molecule has 8 heteroatoms. The molecule has 0 spiro atoms. The van der Waals surface area contributed by atoms with E-state index in [1.165, 1.54) is 23.6 Å². The summed E-state index contributed by atoms with van der Waals surface area (Å²) in [7, 11) is 0. The molecule has 1 amide bonds.